The topological polar surface area (TPSA) is 33.1 Å². The standard InChI is InChI=1S/C15H19NO/c1-9-8-12(15(3,4)5)14(17)13-11(9)7-6-10(2)16-13/h6-8,17H,1-5H3. The summed E-state index contributed by atoms with van der Waals surface area (Å²) in [7, 11) is 0. The van der Waals surface area contributed by atoms with E-state index >= 15 is 0 Å². The zero-order valence-electron chi connectivity index (χ0n) is 11.1. The second-order valence-electron chi connectivity index (χ2n) is 5.69. The number of nitrogens with zero attached hydrogens (tertiary/aromatic N) is 1. The van der Waals surface area contributed by atoms with Gasteiger partial charge in [-0.3, -0.25) is 0 Å². The molecule has 2 heteroatoms. The predicted octanol–water partition coefficient (Wildman–Crippen LogP) is 3.85. The Bertz CT molecular complexity index is 579. The smallest absolute Gasteiger partial charge is 0.145 e. The second kappa shape index (κ2) is 3.73. The summed E-state index contributed by atoms with van der Waals surface area (Å²) < 4.78 is 0. The lowest BCUT2D eigenvalue weighted by molar-refractivity contribution is 0.451. The Morgan fingerprint density at radius 2 is 1.76 bits per heavy atom. The molecular formula is C15H19NO. The van der Waals surface area contributed by atoms with Gasteiger partial charge in [-0.25, -0.2) is 4.98 Å². The van der Waals surface area contributed by atoms with Gasteiger partial charge in [0.25, 0.3) is 0 Å². The number of aromatic hydroxyl groups is 1. The van der Waals surface area contributed by atoms with Crippen LogP contribution in [0.1, 0.15) is 37.6 Å². The largest absolute Gasteiger partial charge is 0.505 e. The fraction of sp³-hybridized carbons (Fsp3) is 0.400. The quantitative estimate of drug-likeness (QED) is 0.744. The minimum Gasteiger partial charge on any atom is -0.505 e. The van der Waals surface area contributed by atoms with E-state index in [2.05, 4.69) is 38.7 Å². The van der Waals surface area contributed by atoms with E-state index in [0.29, 0.717) is 5.75 Å². The monoisotopic (exact) mass is 229 g/mol. The molecule has 0 saturated heterocycles. The molecule has 0 unspecified atom stereocenters. The van der Waals surface area contributed by atoms with Crippen molar-refractivity contribution in [2.24, 2.45) is 0 Å². The summed E-state index contributed by atoms with van der Waals surface area (Å²) in [5.41, 5.74) is 3.69. The van der Waals surface area contributed by atoms with Crippen LogP contribution in [0.5, 0.6) is 5.75 Å². The Balaban J connectivity index is 2.88. The van der Waals surface area contributed by atoms with Gasteiger partial charge < -0.3 is 5.11 Å². The molecule has 1 heterocycles. The number of phenolic OH excluding ortho intramolecular Hbond substituents is 1. The molecule has 1 aromatic heterocycles. The van der Waals surface area contributed by atoms with Gasteiger partial charge in [-0.1, -0.05) is 32.9 Å². The summed E-state index contributed by atoms with van der Waals surface area (Å²) in [5, 5.41) is 11.4. The predicted molar refractivity (Wildman–Crippen MR) is 71.6 cm³/mol. The average Bonchev–Trinajstić information content (AvgIpc) is 2.21. The molecule has 0 atom stereocenters. The number of aromatic nitrogens is 1. The number of phenols is 1. The van der Waals surface area contributed by atoms with Crippen LogP contribution in [0, 0.1) is 13.8 Å². The molecule has 2 rings (SSSR count). The first-order valence-electron chi connectivity index (χ1n) is 5.91. The van der Waals surface area contributed by atoms with Gasteiger partial charge in [-0.15, -0.1) is 0 Å². The Morgan fingerprint density at radius 3 is 2.35 bits per heavy atom. The van der Waals surface area contributed by atoms with Gasteiger partial charge in [0, 0.05) is 16.6 Å². The van der Waals surface area contributed by atoms with Crippen LogP contribution in [0.3, 0.4) is 0 Å². The summed E-state index contributed by atoms with van der Waals surface area (Å²) in [6, 6.07) is 6.07. The van der Waals surface area contributed by atoms with Gasteiger partial charge in [-0.2, -0.15) is 0 Å². The number of aryl methyl sites for hydroxylation is 2. The number of hydrogen-bond donors (Lipinski definition) is 1. The summed E-state index contributed by atoms with van der Waals surface area (Å²) in [4.78, 5) is 4.46. The van der Waals surface area contributed by atoms with Gasteiger partial charge >= 0.3 is 0 Å². The molecule has 0 saturated carbocycles. The molecule has 2 aromatic rings. The molecule has 0 bridgehead atoms. The van der Waals surface area contributed by atoms with E-state index in [4.69, 9.17) is 0 Å². The zero-order valence-corrected chi connectivity index (χ0v) is 11.1. The van der Waals surface area contributed by atoms with Crippen LogP contribution < -0.4 is 0 Å². The van der Waals surface area contributed by atoms with Crippen molar-refractivity contribution in [3.63, 3.8) is 0 Å². The number of pyridine rings is 1. The normalized spacial score (nSPS) is 12.1. The molecule has 0 fully saturated rings. The zero-order chi connectivity index (χ0) is 12.8. The van der Waals surface area contributed by atoms with E-state index in [1.165, 1.54) is 0 Å². The van der Waals surface area contributed by atoms with Crippen LogP contribution in [0.2, 0.25) is 0 Å². The molecule has 17 heavy (non-hydrogen) atoms. The molecule has 0 radical (unpaired) electrons. The van der Waals surface area contributed by atoms with Gasteiger partial charge in [0.15, 0.2) is 0 Å². The molecule has 1 aromatic carbocycles. The van der Waals surface area contributed by atoms with Crippen molar-refractivity contribution in [3.05, 3.63) is 35.0 Å². The van der Waals surface area contributed by atoms with Crippen LogP contribution in [-0.4, -0.2) is 10.1 Å². The summed E-state index contributed by atoms with van der Waals surface area (Å²) in [6.45, 7) is 10.3. The van der Waals surface area contributed by atoms with Crippen LogP contribution in [0.15, 0.2) is 18.2 Å². The highest BCUT2D eigenvalue weighted by Gasteiger charge is 2.21. The fourth-order valence-electron chi connectivity index (χ4n) is 2.12. The summed E-state index contributed by atoms with van der Waals surface area (Å²) >= 11 is 0. The van der Waals surface area contributed by atoms with Crippen molar-refractivity contribution in [1.29, 1.82) is 0 Å². The van der Waals surface area contributed by atoms with E-state index in [-0.39, 0.29) is 5.41 Å². The van der Waals surface area contributed by atoms with Crippen molar-refractivity contribution in [2.45, 2.75) is 40.0 Å². The van der Waals surface area contributed by atoms with Gasteiger partial charge in [0.05, 0.1) is 0 Å². The number of rotatable bonds is 0. The SMILES string of the molecule is Cc1ccc2c(C)cc(C(C)(C)C)c(O)c2n1. The van der Waals surface area contributed by atoms with Crippen LogP contribution >= 0.6 is 0 Å². The van der Waals surface area contributed by atoms with Crippen LogP contribution in [-0.2, 0) is 5.41 Å². The molecule has 0 spiro atoms. The van der Waals surface area contributed by atoms with E-state index in [0.717, 1.165) is 27.7 Å². The van der Waals surface area contributed by atoms with Gasteiger partial charge in [0.2, 0.25) is 0 Å². The lowest BCUT2D eigenvalue weighted by Gasteiger charge is -2.22. The third-order valence-corrected chi connectivity index (χ3v) is 3.11. The molecule has 90 valence electrons. The van der Waals surface area contributed by atoms with Crippen molar-refractivity contribution < 1.29 is 5.11 Å². The van der Waals surface area contributed by atoms with Gasteiger partial charge in [0.1, 0.15) is 11.3 Å². The Morgan fingerprint density at radius 1 is 1.12 bits per heavy atom. The number of hydrogen-bond acceptors (Lipinski definition) is 2. The van der Waals surface area contributed by atoms with E-state index in [1.807, 2.05) is 19.1 Å². The lowest BCUT2D eigenvalue weighted by Crippen LogP contribution is -2.12. The maximum atomic E-state index is 10.4. The lowest BCUT2D eigenvalue weighted by atomic mass is 9.84. The number of benzene rings is 1. The molecule has 0 amide bonds. The molecule has 1 N–H and O–H groups in total. The minimum absolute atomic E-state index is 0.0749. The summed E-state index contributed by atoms with van der Waals surface area (Å²) in [5.74, 6) is 0.321. The number of fused-ring (bicyclic) bond motifs is 1. The highest BCUT2D eigenvalue weighted by atomic mass is 16.3. The highest BCUT2D eigenvalue weighted by Crippen LogP contribution is 2.37. The highest BCUT2D eigenvalue weighted by molar-refractivity contribution is 5.89. The van der Waals surface area contributed by atoms with E-state index < -0.39 is 0 Å². The fourth-order valence-corrected chi connectivity index (χ4v) is 2.12. The molecule has 0 aliphatic carbocycles. The van der Waals surface area contributed by atoms with Crippen LogP contribution in [0.4, 0.5) is 0 Å². The van der Waals surface area contributed by atoms with Crippen molar-refractivity contribution in [2.75, 3.05) is 0 Å². The first-order chi connectivity index (χ1) is 7.80. The first kappa shape index (κ1) is 11.9. The van der Waals surface area contributed by atoms with Crippen molar-refractivity contribution in [1.82, 2.24) is 4.98 Å². The Kier molecular flexibility index (Phi) is 2.61. The van der Waals surface area contributed by atoms with Crippen molar-refractivity contribution in [3.8, 4) is 5.75 Å². The average molecular weight is 229 g/mol. The minimum atomic E-state index is -0.0749. The summed E-state index contributed by atoms with van der Waals surface area (Å²) in [6.07, 6.45) is 0. The van der Waals surface area contributed by atoms with E-state index in [1.54, 1.807) is 0 Å². The Labute approximate surface area is 102 Å². The first-order valence-corrected chi connectivity index (χ1v) is 5.91. The van der Waals surface area contributed by atoms with E-state index in [9.17, 15) is 5.11 Å². The van der Waals surface area contributed by atoms with Gasteiger partial charge in [-0.05, 0) is 30.9 Å². The molecule has 2 nitrogen and oxygen atoms in total. The molecule has 0 aliphatic heterocycles. The van der Waals surface area contributed by atoms with Crippen molar-refractivity contribution >= 4 is 10.9 Å². The third kappa shape index (κ3) is 1.99. The molecular weight excluding hydrogens is 210 g/mol. The maximum Gasteiger partial charge on any atom is 0.145 e. The maximum absolute atomic E-state index is 10.4. The molecule has 0 aliphatic rings. The van der Waals surface area contributed by atoms with Crippen LogP contribution in [0.25, 0.3) is 10.9 Å². The second-order valence-corrected chi connectivity index (χ2v) is 5.69. The Hall–Kier alpha value is -1.57. The third-order valence-electron chi connectivity index (χ3n) is 3.11.